The molecule has 130 valence electrons. The number of rotatable bonds is 5. The van der Waals surface area contributed by atoms with Gasteiger partial charge in [0.25, 0.3) is 5.91 Å². The summed E-state index contributed by atoms with van der Waals surface area (Å²) in [6.45, 7) is 1.15. The number of hydrogen-bond donors (Lipinski definition) is 1. The second-order valence-electron chi connectivity index (χ2n) is 5.98. The van der Waals surface area contributed by atoms with Crippen LogP contribution in [0.25, 0.3) is 10.2 Å². The van der Waals surface area contributed by atoms with Crippen molar-refractivity contribution in [3.05, 3.63) is 58.9 Å². The van der Waals surface area contributed by atoms with Crippen LogP contribution in [-0.2, 0) is 0 Å². The Morgan fingerprint density at radius 3 is 2.68 bits per heavy atom. The van der Waals surface area contributed by atoms with Gasteiger partial charge in [0.05, 0.1) is 42.5 Å². The number of aromatic nitrogens is 1. The summed E-state index contributed by atoms with van der Waals surface area (Å²) in [6.07, 6.45) is 0. The maximum absolute atomic E-state index is 14.1. The topological polar surface area (TPSA) is 37.6 Å². The van der Waals surface area contributed by atoms with Gasteiger partial charge in [-0.2, -0.15) is 0 Å². The van der Waals surface area contributed by atoms with Gasteiger partial charge < -0.3 is 4.90 Å². The van der Waals surface area contributed by atoms with Crippen LogP contribution in [0.2, 0.25) is 5.02 Å². The van der Waals surface area contributed by atoms with E-state index in [1.165, 1.54) is 33.3 Å². The maximum atomic E-state index is 14.1. The van der Waals surface area contributed by atoms with E-state index in [9.17, 15) is 9.18 Å². The molecule has 0 bridgehead atoms. The van der Waals surface area contributed by atoms with E-state index in [1.807, 2.05) is 26.2 Å². The Morgan fingerprint density at radius 1 is 1.24 bits per heavy atom. The first-order valence-electron chi connectivity index (χ1n) is 7.88. The largest absolute Gasteiger partial charge is 0.338 e. The number of carbonyl (C=O) groups is 1. The van der Waals surface area contributed by atoms with Crippen molar-refractivity contribution in [1.29, 1.82) is 0 Å². The summed E-state index contributed by atoms with van der Waals surface area (Å²) in [5, 5.41) is 1.06. The van der Waals surface area contributed by atoms with Crippen LogP contribution < -0.4 is 9.80 Å². The Hall–Kier alpha value is -2.02. The quantitative estimate of drug-likeness (QED) is 0.741. The fourth-order valence-corrected chi connectivity index (χ4v) is 3.71. The summed E-state index contributed by atoms with van der Waals surface area (Å²) in [6, 6.07) is 11.5. The van der Waals surface area contributed by atoms with Crippen LogP contribution in [-0.4, -0.2) is 38.1 Å². The third-order valence-corrected chi connectivity index (χ3v) is 5.12. The van der Waals surface area contributed by atoms with Gasteiger partial charge in [-0.25, -0.2) is 9.37 Å². The average Bonchev–Trinajstić information content (AvgIpc) is 3.00. The number of anilines is 1. The minimum atomic E-state index is -0.533. The zero-order valence-electron chi connectivity index (χ0n) is 13.9. The minimum Gasteiger partial charge on any atom is -0.338 e. The monoisotopic (exact) mass is 378 g/mol. The van der Waals surface area contributed by atoms with Gasteiger partial charge in [-0.15, -0.1) is 0 Å². The summed E-state index contributed by atoms with van der Waals surface area (Å²) in [7, 11) is 4.00. The standard InChI is InChI=1S/C18H17ClFN3OS/c1-22(2)10-11-23(17(24)12-6-3-4-8-14(12)20)18-21-16-13(19)7-5-9-15(16)25-18/h3-9H,10-11H2,1-2H3/p+1. The van der Waals surface area contributed by atoms with E-state index in [0.717, 1.165) is 4.70 Å². The number of para-hydroxylation sites is 1. The van der Waals surface area contributed by atoms with Gasteiger partial charge in [-0.3, -0.25) is 9.69 Å². The third kappa shape index (κ3) is 3.81. The summed E-state index contributed by atoms with van der Waals surface area (Å²) >= 11 is 7.58. The molecule has 0 aliphatic heterocycles. The Balaban J connectivity index is 2.03. The summed E-state index contributed by atoms with van der Waals surface area (Å²) in [5.41, 5.74) is 0.703. The number of fused-ring (bicyclic) bond motifs is 1. The highest BCUT2D eigenvalue weighted by atomic mass is 35.5. The van der Waals surface area contributed by atoms with Gasteiger partial charge in [-0.05, 0) is 24.3 Å². The SMILES string of the molecule is C[NH+](C)CCN(C(=O)c1ccccc1F)c1nc2c(Cl)cccc2s1. The highest BCUT2D eigenvalue weighted by molar-refractivity contribution is 7.22. The van der Waals surface area contributed by atoms with Gasteiger partial charge in [0, 0.05) is 0 Å². The van der Waals surface area contributed by atoms with Crippen LogP contribution in [0.3, 0.4) is 0 Å². The van der Waals surface area contributed by atoms with Crippen LogP contribution in [0, 0.1) is 5.82 Å². The Morgan fingerprint density at radius 2 is 2.00 bits per heavy atom. The van der Waals surface area contributed by atoms with E-state index >= 15 is 0 Å². The maximum Gasteiger partial charge on any atom is 0.263 e. The molecule has 7 heteroatoms. The van der Waals surface area contributed by atoms with Crippen molar-refractivity contribution in [3.63, 3.8) is 0 Å². The lowest BCUT2D eigenvalue weighted by atomic mass is 10.2. The number of nitrogens with one attached hydrogen (secondary N) is 1. The molecular formula is C18H18ClFN3OS+. The number of halogens is 2. The van der Waals surface area contributed by atoms with Gasteiger partial charge in [0.1, 0.15) is 11.3 Å². The molecule has 0 aliphatic rings. The lowest BCUT2D eigenvalue weighted by Crippen LogP contribution is -3.06. The molecule has 3 rings (SSSR count). The molecule has 4 nitrogen and oxygen atoms in total. The molecule has 1 amide bonds. The van der Waals surface area contributed by atoms with Gasteiger partial charge >= 0.3 is 0 Å². The molecule has 1 heterocycles. The van der Waals surface area contributed by atoms with Crippen molar-refractivity contribution in [2.75, 3.05) is 32.1 Å². The summed E-state index contributed by atoms with van der Waals surface area (Å²) in [4.78, 5) is 20.2. The smallest absolute Gasteiger partial charge is 0.263 e. The predicted octanol–water partition coefficient (Wildman–Crippen LogP) is 2.88. The lowest BCUT2D eigenvalue weighted by Gasteiger charge is -2.21. The molecule has 2 aromatic carbocycles. The first kappa shape index (κ1) is 17.8. The summed E-state index contributed by atoms with van der Waals surface area (Å²) < 4.78 is 15.0. The van der Waals surface area contributed by atoms with Crippen molar-refractivity contribution in [2.24, 2.45) is 0 Å². The Bertz CT molecular complexity index is 912. The van der Waals surface area contributed by atoms with Crippen LogP contribution in [0.15, 0.2) is 42.5 Å². The van der Waals surface area contributed by atoms with Crippen molar-refractivity contribution in [2.45, 2.75) is 0 Å². The molecule has 1 aromatic heterocycles. The zero-order valence-corrected chi connectivity index (χ0v) is 15.5. The van der Waals surface area contributed by atoms with Crippen molar-refractivity contribution < 1.29 is 14.1 Å². The minimum absolute atomic E-state index is 0.0432. The molecule has 25 heavy (non-hydrogen) atoms. The van der Waals surface area contributed by atoms with Gasteiger partial charge in [0.2, 0.25) is 0 Å². The summed E-state index contributed by atoms with van der Waals surface area (Å²) in [5.74, 6) is -0.927. The average molecular weight is 379 g/mol. The number of hydrogen-bond acceptors (Lipinski definition) is 3. The number of likely N-dealkylation sites (N-methyl/N-ethyl adjacent to an activating group) is 1. The van der Waals surface area contributed by atoms with Crippen LogP contribution in [0.4, 0.5) is 9.52 Å². The van der Waals surface area contributed by atoms with E-state index in [4.69, 9.17) is 11.6 Å². The second-order valence-corrected chi connectivity index (χ2v) is 7.39. The van der Waals surface area contributed by atoms with Crippen molar-refractivity contribution >= 4 is 44.2 Å². The second kappa shape index (κ2) is 7.47. The number of quaternary nitrogens is 1. The zero-order chi connectivity index (χ0) is 18.0. The fourth-order valence-electron chi connectivity index (χ4n) is 2.42. The number of benzene rings is 2. The molecule has 0 saturated heterocycles. The van der Waals surface area contributed by atoms with Gasteiger partial charge in [0.15, 0.2) is 5.13 Å². The Labute approximate surface area is 154 Å². The fraction of sp³-hybridized carbons (Fsp3) is 0.222. The molecule has 0 spiro atoms. The normalized spacial score (nSPS) is 11.2. The number of carbonyl (C=O) groups excluding carboxylic acids is 1. The number of nitrogens with zero attached hydrogens (tertiary/aromatic N) is 2. The van der Waals surface area contributed by atoms with Crippen LogP contribution in [0.5, 0.6) is 0 Å². The lowest BCUT2D eigenvalue weighted by molar-refractivity contribution is -0.856. The molecule has 0 fully saturated rings. The molecule has 0 radical (unpaired) electrons. The van der Waals surface area contributed by atoms with E-state index in [1.54, 1.807) is 18.2 Å². The third-order valence-electron chi connectivity index (χ3n) is 3.77. The van der Waals surface area contributed by atoms with E-state index in [2.05, 4.69) is 4.98 Å². The molecule has 0 unspecified atom stereocenters. The molecule has 0 aliphatic carbocycles. The van der Waals surface area contributed by atoms with Crippen molar-refractivity contribution in [1.82, 2.24) is 4.98 Å². The van der Waals surface area contributed by atoms with Crippen LogP contribution in [0.1, 0.15) is 10.4 Å². The first-order chi connectivity index (χ1) is 12.0. The number of amides is 1. The highest BCUT2D eigenvalue weighted by Gasteiger charge is 2.24. The van der Waals surface area contributed by atoms with E-state index in [-0.39, 0.29) is 5.56 Å². The predicted molar refractivity (Wildman–Crippen MR) is 100 cm³/mol. The highest BCUT2D eigenvalue weighted by Crippen LogP contribution is 2.33. The van der Waals surface area contributed by atoms with Crippen molar-refractivity contribution in [3.8, 4) is 0 Å². The molecule has 0 atom stereocenters. The van der Waals surface area contributed by atoms with E-state index in [0.29, 0.717) is 28.8 Å². The first-order valence-corrected chi connectivity index (χ1v) is 9.07. The Kier molecular flexibility index (Phi) is 5.32. The van der Waals surface area contributed by atoms with E-state index < -0.39 is 11.7 Å². The molecule has 3 aromatic rings. The molecule has 1 N–H and O–H groups in total. The molecule has 0 saturated carbocycles. The molecular weight excluding hydrogens is 361 g/mol. The van der Waals surface area contributed by atoms with Gasteiger partial charge in [-0.1, -0.05) is 41.1 Å². The number of thiazole rings is 1. The van der Waals surface area contributed by atoms with Crippen LogP contribution >= 0.6 is 22.9 Å².